The molecule has 0 saturated carbocycles. The predicted octanol–water partition coefficient (Wildman–Crippen LogP) is 8.63. The van der Waals surface area contributed by atoms with E-state index in [1.165, 1.54) is 6.07 Å². The van der Waals surface area contributed by atoms with Crippen molar-refractivity contribution in [2.24, 2.45) is 0 Å². The van der Waals surface area contributed by atoms with Gasteiger partial charge in [0.2, 0.25) is 0 Å². The highest BCUT2D eigenvalue weighted by atomic mass is 19.4. The van der Waals surface area contributed by atoms with E-state index in [1.807, 2.05) is 0 Å². The van der Waals surface area contributed by atoms with E-state index in [0.717, 1.165) is 49.5 Å². The number of hydrogen-bond donors (Lipinski definition) is 2. The molecule has 0 fully saturated rings. The molecule has 2 aromatic carbocycles. The molecule has 0 saturated heterocycles. The van der Waals surface area contributed by atoms with Crippen LogP contribution in [0.25, 0.3) is 21.8 Å². The van der Waals surface area contributed by atoms with Gasteiger partial charge in [0, 0.05) is 35.0 Å². The maximum Gasteiger partial charge on any atom is 0.433 e. The Hall–Kier alpha value is -5.00. The fourth-order valence-electron chi connectivity index (χ4n) is 4.84. The van der Waals surface area contributed by atoms with Gasteiger partial charge in [-0.3, -0.25) is 9.78 Å². The number of carbonyl (C=O) groups is 1. The monoisotopic (exact) mass is 695 g/mol. The molecule has 0 aliphatic rings. The van der Waals surface area contributed by atoms with Crippen molar-refractivity contribution in [3.8, 4) is 0 Å². The minimum Gasteiger partial charge on any atom is -0.481 e. The lowest BCUT2D eigenvalue weighted by molar-refractivity contribution is -0.142. The summed E-state index contributed by atoms with van der Waals surface area (Å²) in [7, 11) is 0. The zero-order valence-corrected chi connectivity index (χ0v) is 23.6. The Morgan fingerprint density at radius 3 is 1.27 bits per heavy atom. The van der Waals surface area contributed by atoms with Crippen molar-refractivity contribution in [2.45, 2.75) is 37.2 Å². The first kappa shape index (κ1) is 35.8. The average Bonchev–Trinajstić information content (AvgIpc) is 2.97. The number of fused-ring (bicyclic) bond motifs is 2. The minimum absolute atomic E-state index is 0.115. The number of carboxylic acids is 1. The summed E-state index contributed by atoms with van der Waals surface area (Å²) in [5, 5.41) is 18.2. The van der Waals surface area contributed by atoms with Crippen LogP contribution in [0.5, 0.6) is 0 Å². The highest BCUT2D eigenvalue weighted by molar-refractivity contribution is 5.92. The Morgan fingerprint density at radius 1 is 0.562 bits per heavy atom. The zero-order chi connectivity index (χ0) is 36.0. The van der Waals surface area contributed by atoms with Gasteiger partial charge in [-0.25, -0.2) is 9.97 Å². The van der Waals surface area contributed by atoms with Gasteiger partial charge >= 0.3 is 24.7 Å². The Morgan fingerprint density at radius 2 is 0.958 bits per heavy atom. The molecule has 0 bridgehead atoms. The van der Waals surface area contributed by atoms with Crippen LogP contribution in [0.2, 0.25) is 0 Å². The van der Waals surface area contributed by atoms with Crippen LogP contribution in [0.3, 0.4) is 0 Å². The summed E-state index contributed by atoms with van der Waals surface area (Å²) in [4.78, 5) is 19.1. The maximum absolute atomic E-state index is 14.0. The van der Waals surface area contributed by atoms with Gasteiger partial charge in [-0.15, -0.1) is 0 Å². The van der Waals surface area contributed by atoms with Crippen LogP contribution in [0.1, 0.15) is 46.3 Å². The van der Waals surface area contributed by atoms with Crippen LogP contribution >= 0.6 is 0 Å². The number of alkyl halides is 12. The molecule has 3 heterocycles. The Bertz CT molecular complexity index is 1870. The molecule has 0 amide bonds. The molecule has 0 unspecified atom stereocenters. The number of halogens is 12. The molecule has 2 N–H and O–H groups in total. The Balaban J connectivity index is 0.00000123. The number of para-hydroxylation sites is 2. The van der Waals surface area contributed by atoms with E-state index in [-0.39, 0.29) is 12.1 Å². The lowest BCUT2D eigenvalue weighted by Crippen LogP contribution is -2.32. The number of hydrogen-bond acceptors (Lipinski definition) is 5. The normalized spacial score (nSPS) is 13.0. The summed E-state index contributed by atoms with van der Waals surface area (Å²) in [6.45, 7) is 1.08. The molecule has 18 heteroatoms. The van der Waals surface area contributed by atoms with Crippen LogP contribution in [-0.4, -0.2) is 31.1 Å². The van der Waals surface area contributed by atoms with E-state index in [9.17, 15) is 57.8 Å². The molecule has 0 aliphatic carbocycles. The summed E-state index contributed by atoms with van der Waals surface area (Å²) in [5.74, 6) is -0.833. The van der Waals surface area contributed by atoms with Gasteiger partial charge in [-0.2, -0.15) is 52.7 Å². The number of carboxylic acid groups (broad SMARTS) is 1. The standard InChI is InChI=1S/C28H13F12N3O.C2H4O2/c29-25(30,31)15-7-3-5-13-17(11-20(27(35,36)37)42-22(13)15)24(44,19-9-1-2-10-41-19)18-12-21(28(38,39)40)43-23-14(18)6-4-8-16(23)26(32,33)34;1-2(3)4/h1-12,44H;1H3,(H,3,4). The van der Waals surface area contributed by atoms with Gasteiger partial charge in [0.15, 0.2) is 5.60 Å². The molecule has 0 spiro atoms. The average molecular weight is 695 g/mol. The van der Waals surface area contributed by atoms with Gasteiger partial charge in [0.1, 0.15) is 11.4 Å². The molecule has 5 aromatic rings. The molecule has 6 nitrogen and oxygen atoms in total. The highest BCUT2D eigenvalue weighted by Gasteiger charge is 2.46. The van der Waals surface area contributed by atoms with Crippen molar-refractivity contribution in [1.29, 1.82) is 0 Å². The summed E-state index contributed by atoms with van der Waals surface area (Å²) in [6.07, 6.45) is -20.5. The molecule has 254 valence electrons. The summed E-state index contributed by atoms with van der Waals surface area (Å²) in [5.41, 5.74) is -16.2. The second-order valence-electron chi connectivity index (χ2n) is 9.95. The van der Waals surface area contributed by atoms with Gasteiger partial charge in [-0.1, -0.05) is 30.3 Å². The number of nitrogens with zero attached hydrogens (tertiary/aromatic N) is 3. The van der Waals surface area contributed by atoms with Gasteiger partial charge < -0.3 is 10.2 Å². The van der Waals surface area contributed by atoms with E-state index < -0.39 is 97.4 Å². The zero-order valence-electron chi connectivity index (χ0n) is 23.6. The number of rotatable bonds is 3. The quantitative estimate of drug-likeness (QED) is 0.184. The summed E-state index contributed by atoms with van der Waals surface area (Å²) in [6, 6.07) is 7.53. The minimum atomic E-state index is -5.45. The molecule has 0 aliphatic heterocycles. The van der Waals surface area contributed by atoms with Crippen molar-refractivity contribution in [2.75, 3.05) is 0 Å². The van der Waals surface area contributed by atoms with Crippen LogP contribution < -0.4 is 0 Å². The summed E-state index contributed by atoms with van der Waals surface area (Å²) < 4.78 is 168. The maximum atomic E-state index is 14.0. The van der Waals surface area contributed by atoms with Gasteiger partial charge in [-0.05, 0) is 36.4 Å². The van der Waals surface area contributed by atoms with Gasteiger partial charge in [0.05, 0.1) is 27.9 Å². The highest BCUT2D eigenvalue weighted by Crippen LogP contribution is 2.48. The van der Waals surface area contributed by atoms with E-state index in [4.69, 9.17) is 9.90 Å². The molecule has 3 aromatic heterocycles. The van der Waals surface area contributed by atoms with E-state index in [1.54, 1.807) is 0 Å². The second-order valence-corrected chi connectivity index (χ2v) is 9.95. The SMILES string of the molecule is CC(=O)O.OC(c1ccccn1)(c1cc(C(F)(F)F)nc2c(C(F)(F)F)cccc12)c1cc(C(F)(F)F)nc2c(C(F)(F)F)cccc12. The number of aliphatic carboxylic acids is 1. The molecular weight excluding hydrogens is 678 g/mol. The molecule has 5 rings (SSSR count). The van der Waals surface area contributed by atoms with Crippen LogP contribution in [0, 0.1) is 0 Å². The molecule has 0 radical (unpaired) electrons. The van der Waals surface area contributed by atoms with Crippen molar-refractivity contribution >= 4 is 27.8 Å². The van der Waals surface area contributed by atoms with Crippen LogP contribution in [0.4, 0.5) is 52.7 Å². The van der Waals surface area contributed by atoms with Crippen LogP contribution in [-0.2, 0) is 35.1 Å². The van der Waals surface area contributed by atoms with E-state index in [0.29, 0.717) is 12.1 Å². The van der Waals surface area contributed by atoms with Gasteiger partial charge in [0.25, 0.3) is 5.97 Å². The topological polar surface area (TPSA) is 96.2 Å². The number of aromatic nitrogens is 3. The number of aliphatic hydroxyl groups is 1. The van der Waals surface area contributed by atoms with E-state index in [2.05, 4.69) is 15.0 Å². The van der Waals surface area contributed by atoms with E-state index >= 15 is 0 Å². The Kier molecular flexibility index (Phi) is 9.13. The predicted molar refractivity (Wildman–Crippen MR) is 143 cm³/mol. The molecule has 0 atom stereocenters. The lowest BCUT2D eigenvalue weighted by atomic mass is 9.79. The lowest BCUT2D eigenvalue weighted by Gasteiger charge is -2.32. The molecule has 48 heavy (non-hydrogen) atoms. The first-order chi connectivity index (χ1) is 22.0. The van der Waals surface area contributed by atoms with Crippen molar-refractivity contribution in [3.05, 3.63) is 112 Å². The smallest absolute Gasteiger partial charge is 0.433 e. The third-order valence-corrected chi connectivity index (χ3v) is 6.69. The Labute approximate surface area is 260 Å². The fraction of sp³-hybridized carbons (Fsp3) is 0.200. The number of benzene rings is 2. The van der Waals surface area contributed by atoms with Crippen LogP contribution in [0.15, 0.2) is 72.9 Å². The first-order valence-electron chi connectivity index (χ1n) is 13.0. The molecular formula is C30H17F12N3O3. The first-order valence-corrected chi connectivity index (χ1v) is 13.0. The third-order valence-electron chi connectivity index (χ3n) is 6.69. The number of pyridine rings is 3. The van der Waals surface area contributed by atoms with Crippen molar-refractivity contribution in [3.63, 3.8) is 0 Å². The largest absolute Gasteiger partial charge is 0.481 e. The van der Waals surface area contributed by atoms with Crippen molar-refractivity contribution < 1.29 is 67.7 Å². The second kappa shape index (κ2) is 12.2. The summed E-state index contributed by atoms with van der Waals surface area (Å²) >= 11 is 0. The van der Waals surface area contributed by atoms with Crippen molar-refractivity contribution in [1.82, 2.24) is 15.0 Å². The fourth-order valence-corrected chi connectivity index (χ4v) is 4.84. The third kappa shape index (κ3) is 6.97.